The lowest BCUT2D eigenvalue weighted by Crippen LogP contribution is -2.27. The van der Waals surface area contributed by atoms with Crippen LogP contribution in [0.5, 0.6) is 5.75 Å². The van der Waals surface area contributed by atoms with Crippen molar-refractivity contribution < 1.29 is 61.8 Å². The van der Waals surface area contributed by atoms with Crippen LogP contribution >= 0.6 is 0 Å². The van der Waals surface area contributed by atoms with Crippen molar-refractivity contribution in [1.82, 2.24) is 0 Å². The summed E-state index contributed by atoms with van der Waals surface area (Å²) in [7, 11) is -19.6. The van der Waals surface area contributed by atoms with Crippen molar-refractivity contribution >= 4 is 130 Å². The van der Waals surface area contributed by atoms with E-state index < -0.39 is 77.3 Å². The third-order valence-electron chi connectivity index (χ3n) is 10.9. The number of aromatic hydroxyl groups is 1. The van der Waals surface area contributed by atoms with E-state index in [1.165, 1.54) is 42.5 Å². The molecule has 21 nitrogen and oxygen atoms in total. The summed E-state index contributed by atoms with van der Waals surface area (Å²) in [5.74, 6) is -1.57. The largest absolute Gasteiger partial charge is 0.507 e. The molecule has 25 heteroatoms. The van der Waals surface area contributed by atoms with Crippen LogP contribution < -0.4 is 10.7 Å². The van der Waals surface area contributed by atoms with E-state index in [1.54, 1.807) is 54.6 Å². The highest BCUT2D eigenvalue weighted by molar-refractivity contribution is 7.91. The van der Waals surface area contributed by atoms with Gasteiger partial charge in [0.15, 0.2) is 5.71 Å². The van der Waals surface area contributed by atoms with Crippen LogP contribution in [0.25, 0.3) is 38.4 Å². The number of Topliss-reactive ketones (excluding diaryl/α,β-unsaturated/α-hetero) is 1. The zero-order chi connectivity index (χ0) is 50.6. The smallest absolute Gasteiger partial charge is 0.296 e. The summed E-state index contributed by atoms with van der Waals surface area (Å²) in [6.07, 6.45) is 1.09. The molecule has 0 radical (unpaired) electrons. The number of benzene rings is 8. The molecule has 0 bridgehead atoms. The minimum absolute atomic E-state index is 0.00917. The van der Waals surface area contributed by atoms with Gasteiger partial charge in [0.25, 0.3) is 40.5 Å². The van der Waals surface area contributed by atoms with Crippen LogP contribution in [-0.4, -0.2) is 68.5 Å². The highest BCUT2D eigenvalue weighted by atomic mass is 32.2. The fraction of sp³-hybridized carbons (Fsp3) is 0. The average Bonchev–Trinajstić information content (AvgIpc) is 3.31. The Bertz CT molecular complexity index is 4200. The van der Waals surface area contributed by atoms with Crippen molar-refractivity contribution in [3.05, 3.63) is 156 Å². The van der Waals surface area contributed by atoms with E-state index >= 15 is 0 Å². The molecule has 1 aliphatic carbocycles. The molecule has 0 saturated carbocycles. The second-order valence-corrected chi connectivity index (χ2v) is 21.1. The van der Waals surface area contributed by atoms with Crippen molar-refractivity contribution in [1.29, 1.82) is 0 Å². The number of phenols is 1. The van der Waals surface area contributed by atoms with Gasteiger partial charge in [-0.1, -0.05) is 48.5 Å². The second-order valence-electron chi connectivity index (χ2n) is 15.5. The predicted molar refractivity (Wildman–Crippen MR) is 262 cm³/mol. The molecule has 0 aliphatic heterocycles. The molecule has 1 aliphatic rings. The lowest BCUT2D eigenvalue weighted by atomic mass is 9.94. The number of para-hydroxylation sites is 1. The number of carbonyl (C=O) groups excluding carboxylic acids is 1. The van der Waals surface area contributed by atoms with E-state index in [2.05, 4.69) is 36.3 Å². The molecule has 0 amide bonds. The topological polar surface area (TPSA) is 341 Å². The zero-order valence-corrected chi connectivity index (χ0v) is 38.9. The van der Waals surface area contributed by atoms with Gasteiger partial charge in [0.05, 0.1) is 48.5 Å². The molecule has 0 saturated heterocycles. The van der Waals surface area contributed by atoms with Gasteiger partial charge in [-0.3, -0.25) is 28.4 Å². The first kappa shape index (κ1) is 47.9. The van der Waals surface area contributed by atoms with Crippen LogP contribution in [0.15, 0.2) is 185 Å². The maximum absolute atomic E-state index is 13.8. The highest BCUT2D eigenvalue weighted by Crippen LogP contribution is 2.42. The number of anilines is 3. The fourth-order valence-corrected chi connectivity index (χ4v) is 9.87. The number of carbonyl (C=O) groups is 1. The highest BCUT2D eigenvalue weighted by Gasteiger charge is 2.33. The maximum atomic E-state index is 13.8. The molecule has 0 aromatic heterocycles. The van der Waals surface area contributed by atoms with Gasteiger partial charge in [-0.15, -0.1) is 20.5 Å². The van der Waals surface area contributed by atoms with Gasteiger partial charge >= 0.3 is 0 Å². The number of ketones is 1. The normalized spacial score (nSPS) is 14.2. The number of allylic oxidation sites excluding steroid dienone is 1. The third kappa shape index (κ3) is 9.87. The molecule has 9 rings (SSSR count). The van der Waals surface area contributed by atoms with Crippen LogP contribution in [0, 0.1) is 0 Å². The van der Waals surface area contributed by atoms with Crippen LogP contribution in [0.4, 0.5) is 39.8 Å². The monoisotopic (exact) mass is 1030 g/mol. The molecule has 8 aromatic rings. The Balaban J connectivity index is 1.07. The first-order valence-corrected chi connectivity index (χ1v) is 26.0. The van der Waals surface area contributed by atoms with Gasteiger partial charge in [0, 0.05) is 44.5 Å². The third-order valence-corrected chi connectivity index (χ3v) is 14.3. The minimum Gasteiger partial charge on any atom is -0.507 e. The number of hydrazone groups is 1. The van der Waals surface area contributed by atoms with Crippen molar-refractivity contribution in [3.8, 4) is 5.75 Å². The Labute approximate surface area is 402 Å². The predicted octanol–water partition coefficient (Wildman–Crippen LogP) is 10.1. The summed E-state index contributed by atoms with van der Waals surface area (Å²) in [5.41, 5.74) is 3.72. The molecule has 358 valence electrons. The van der Waals surface area contributed by atoms with E-state index in [0.29, 0.717) is 16.5 Å². The summed E-state index contributed by atoms with van der Waals surface area (Å²) in [5, 5.41) is 36.1. The number of azo groups is 2. The molecule has 0 heterocycles. The number of hydrogen-bond donors (Lipinski definition) is 7. The van der Waals surface area contributed by atoms with E-state index in [4.69, 9.17) is 0 Å². The quantitative estimate of drug-likeness (QED) is 0.0340. The Kier molecular flexibility index (Phi) is 12.1. The van der Waals surface area contributed by atoms with Crippen molar-refractivity contribution in [2.45, 2.75) is 14.7 Å². The average molecular weight is 1030 g/mol. The van der Waals surface area contributed by atoms with E-state index in [1.807, 2.05) is 6.07 Å². The maximum Gasteiger partial charge on any atom is 0.296 e. The van der Waals surface area contributed by atoms with Crippen molar-refractivity contribution in [3.63, 3.8) is 0 Å². The summed E-state index contributed by atoms with van der Waals surface area (Å²) in [4.78, 5) is 11.0. The van der Waals surface area contributed by atoms with Gasteiger partial charge in [0.1, 0.15) is 10.7 Å². The Morgan fingerprint density at radius 3 is 1.61 bits per heavy atom. The Morgan fingerprint density at radius 2 is 1.01 bits per heavy atom. The zero-order valence-electron chi connectivity index (χ0n) is 35.6. The van der Waals surface area contributed by atoms with E-state index in [0.717, 1.165) is 48.2 Å². The lowest BCUT2D eigenvalue weighted by molar-refractivity contribution is 0.106. The summed E-state index contributed by atoms with van der Waals surface area (Å²) >= 11 is 0. The van der Waals surface area contributed by atoms with Crippen LogP contribution in [-0.2, 0) is 40.5 Å². The lowest BCUT2D eigenvalue weighted by Gasteiger charge is -2.18. The second kappa shape index (κ2) is 18.0. The molecular formula is C46H31N7O14S4. The van der Waals surface area contributed by atoms with Gasteiger partial charge in [-0.05, 0) is 102 Å². The first-order valence-electron chi connectivity index (χ1n) is 20.2. The Hall–Kier alpha value is -8.14. The molecule has 0 atom stereocenters. The minimum atomic E-state index is -5.06. The number of phenolic OH excluding ortho intramolecular Hbond substituents is 1. The molecule has 7 N–H and O–H groups in total. The first-order chi connectivity index (χ1) is 33.5. The van der Waals surface area contributed by atoms with E-state index in [9.17, 15) is 61.8 Å². The standard InChI is InChI=1S/C46H31N7O14S4/c54-42-24-31(70(62,63)64)20-26-19-30(69(59,60)61)23-41(44(26)42)52-50-38-15-14-37(33-8-4-5-9-34(33)38)48-49-39-16-17-40(36-22-29(68(56,57)58)11-13-35(36)39)51-53-45-43(71(65,66)67)21-25-18-28(10-12-32(25)46(45)55)47-27-6-2-1-3-7-27/h1-24,47,51,54H,(H,56,57,58)(H,59,60,61)(H,62,63,64)(H,65,66,67)/b49-48?,52-50?,53-45-. The molecule has 0 fully saturated rings. The molecule has 8 aromatic carbocycles. The van der Waals surface area contributed by atoms with Gasteiger partial charge < -0.3 is 10.4 Å². The van der Waals surface area contributed by atoms with Crippen LogP contribution in [0.1, 0.15) is 15.9 Å². The van der Waals surface area contributed by atoms with Gasteiger partial charge in [0.2, 0.25) is 5.78 Å². The fourth-order valence-electron chi connectivity index (χ4n) is 7.63. The van der Waals surface area contributed by atoms with Crippen molar-refractivity contribution in [2.24, 2.45) is 25.6 Å². The SMILES string of the molecule is O=C1/C(=N\Nc2ccc(N=Nc3ccc(N=Nc4cc(S(=O)(=O)O)cc5cc(S(=O)(=O)O)cc(O)c45)c4ccccc34)c3ccc(S(=O)(=O)O)cc23)C(S(=O)(=O)O)=Cc2cc(Nc3ccccc3)ccc21. The van der Waals surface area contributed by atoms with Gasteiger partial charge in [-0.2, -0.15) is 38.8 Å². The molecule has 0 unspecified atom stereocenters. The summed E-state index contributed by atoms with van der Waals surface area (Å²) in [6, 6.07) is 33.0. The molecule has 0 spiro atoms. The number of nitrogens with zero attached hydrogens (tertiary/aromatic N) is 5. The summed E-state index contributed by atoms with van der Waals surface area (Å²) in [6.45, 7) is 0. The van der Waals surface area contributed by atoms with Gasteiger partial charge in [-0.25, -0.2) is 0 Å². The number of nitrogens with one attached hydrogen (secondary N) is 2. The van der Waals surface area contributed by atoms with Crippen LogP contribution in [0.3, 0.4) is 0 Å². The Morgan fingerprint density at radius 1 is 0.465 bits per heavy atom. The number of rotatable bonds is 12. The molecule has 71 heavy (non-hydrogen) atoms. The number of hydrogen-bond acceptors (Lipinski definition) is 17. The van der Waals surface area contributed by atoms with Crippen LogP contribution in [0.2, 0.25) is 0 Å². The van der Waals surface area contributed by atoms with E-state index in [-0.39, 0.29) is 61.1 Å². The molecular weight excluding hydrogens is 1000 g/mol. The van der Waals surface area contributed by atoms with Crippen molar-refractivity contribution in [2.75, 3.05) is 10.7 Å². The number of fused-ring (bicyclic) bond motifs is 4. The summed E-state index contributed by atoms with van der Waals surface area (Å²) < 4.78 is 138.